The first-order valence-electron chi connectivity index (χ1n) is 8.41. The summed E-state index contributed by atoms with van der Waals surface area (Å²) in [5.41, 5.74) is 2.84. The van der Waals surface area contributed by atoms with Gasteiger partial charge in [-0.3, -0.25) is 4.79 Å². The maximum absolute atomic E-state index is 12.2. The number of fused-ring (bicyclic) bond motifs is 1. The monoisotopic (exact) mass is 439 g/mol. The average molecular weight is 440 g/mol. The highest BCUT2D eigenvalue weighted by Gasteiger charge is 2.20. The summed E-state index contributed by atoms with van der Waals surface area (Å²) in [6, 6.07) is 4.91. The molecule has 0 radical (unpaired) electrons. The second kappa shape index (κ2) is 8.22. The van der Waals surface area contributed by atoms with Crippen LogP contribution in [-0.2, 0) is 17.6 Å². The molecule has 9 heteroatoms. The number of halogens is 2. The fraction of sp³-hybridized carbons (Fsp3) is 0.278. The predicted molar refractivity (Wildman–Crippen MR) is 110 cm³/mol. The molecular weight excluding hydrogens is 425 g/mol. The van der Waals surface area contributed by atoms with Gasteiger partial charge in [0.25, 0.3) is 5.22 Å². The van der Waals surface area contributed by atoms with E-state index in [2.05, 4.69) is 20.9 Å². The molecule has 3 aromatic rings. The van der Waals surface area contributed by atoms with Crippen LogP contribution in [0, 0.1) is 0 Å². The standard InChI is InChI=1S/C18H15Cl2N3O2S2/c19-10-5-6-13(20)14(7-10)21-16(24)9-27-18-23-22-17(25-18)12-8-26-15-4-2-1-3-11(12)15/h5-8H,1-4,9H2,(H,21,24). The van der Waals surface area contributed by atoms with E-state index in [0.29, 0.717) is 26.8 Å². The Hall–Kier alpha value is -1.54. The zero-order valence-corrected chi connectivity index (χ0v) is 17.3. The summed E-state index contributed by atoms with van der Waals surface area (Å²) in [6.45, 7) is 0. The quantitative estimate of drug-likeness (QED) is 0.515. The Bertz CT molecular complexity index is 987. The molecule has 0 saturated heterocycles. The SMILES string of the molecule is O=C(CSc1nnc(-c2csc3c2CCCC3)o1)Nc1cc(Cl)ccc1Cl. The number of benzene rings is 1. The Morgan fingerprint density at radius 1 is 1.26 bits per heavy atom. The number of carbonyl (C=O) groups excluding carboxylic acids is 1. The topological polar surface area (TPSA) is 68.0 Å². The maximum atomic E-state index is 12.2. The number of carbonyl (C=O) groups is 1. The molecule has 0 fully saturated rings. The molecule has 140 valence electrons. The summed E-state index contributed by atoms with van der Waals surface area (Å²) < 4.78 is 5.76. The first kappa shape index (κ1) is 18.8. The summed E-state index contributed by atoms with van der Waals surface area (Å²) >= 11 is 14.9. The van der Waals surface area contributed by atoms with Crippen molar-refractivity contribution >= 4 is 57.9 Å². The van der Waals surface area contributed by atoms with Gasteiger partial charge < -0.3 is 9.73 Å². The maximum Gasteiger partial charge on any atom is 0.277 e. The molecule has 1 aliphatic rings. The van der Waals surface area contributed by atoms with E-state index in [4.69, 9.17) is 27.6 Å². The fourth-order valence-corrected chi connectivity index (χ4v) is 4.98. The number of nitrogens with zero attached hydrogens (tertiary/aromatic N) is 2. The van der Waals surface area contributed by atoms with Crippen LogP contribution in [0.5, 0.6) is 0 Å². The number of anilines is 1. The number of hydrogen-bond acceptors (Lipinski definition) is 6. The second-order valence-electron chi connectivity index (χ2n) is 6.09. The third-order valence-electron chi connectivity index (χ3n) is 4.23. The van der Waals surface area contributed by atoms with E-state index in [1.54, 1.807) is 29.5 Å². The number of hydrogen-bond donors (Lipinski definition) is 1. The van der Waals surface area contributed by atoms with E-state index >= 15 is 0 Å². The number of aromatic nitrogens is 2. The molecule has 0 saturated carbocycles. The zero-order chi connectivity index (χ0) is 18.8. The lowest BCUT2D eigenvalue weighted by Gasteiger charge is -2.10. The highest BCUT2D eigenvalue weighted by atomic mass is 35.5. The minimum absolute atomic E-state index is 0.131. The first-order chi connectivity index (χ1) is 13.1. The minimum Gasteiger partial charge on any atom is -0.411 e. The number of thioether (sulfide) groups is 1. The van der Waals surface area contributed by atoms with Gasteiger partial charge in [-0.15, -0.1) is 21.5 Å². The largest absolute Gasteiger partial charge is 0.411 e. The molecule has 5 nitrogen and oxygen atoms in total. The van der Waals surface area contributed by atoms with E-state index < -0.39 is 0 Å². The molecule has 0 bridgehead atoms. The van der Waals surface area contributed by atoms with E-state index in [1.165, 1.54) is 35.0 Å². The Balaban J connectivity index is 1.39. The lowest BCUT2D eigenvalue weighted by Crippen LogP contribution is -2.14. The van der Waals surface area contributed by atoms with Gasteiger partial charge in [-0.25, -0.2) is 0 Å². The van der Waals surface area contributed by atoms with Gasteiger partial charge in [-0.2, -0.15) is 0 Å². The molecule has 4 rings (SSSR count). The highest BCUT2D eigenvalue weighted by molar-refractivity contribution is 7.99. The Morgan fingerprint density at radius 3 is 3.00 bits per heavy atom. The number of nitrogens with one attached hydrogen (secondary N) is 1. The van der Waals surface area contributed by atoms with Gasteiger partial charge in [-0.1, -0.05) is 35.0 Å². The molecule has 0 aliphatic heterocycles. The van der Waals surface area contributed by atoms with Crippen LogP contribution in [0.25, 0.3) is 11.5 Å². The third kappa shape index (κ3) is 4.32. The van der Waals surface area contributed by atoms with Gasteiger partial charge in [-0.05, 0) is 49.4 Å². The molecule has 0 spiro atoms. The van der Waals surface area contributed by atoms with Crippen molar-refractivity contribution in [2.75, 3.05) is 11.1 Å². The molecule has 2 aromatic heterocycles. The van der Waals surface area contributed by atoms with Crippen LogP contribution in [-0.4, -0.2) is 21.9 Å². The molecule has 0 unspecified atom stereocenters. The van der Waals surface area contributed by atoms with Crippen molar-refractivity contribution in [3.05, 3.63) is 44.1 Å². The van der Waals surface area contributed by atoms with Crippen molar-refractivity contribution in [3.63, 3.8) is 0 Å². The average Bonchev–Trinajstić information content (AvgIpc) is 3.29. The third-order valence-corrected chi connectivity index (χ3v) is 6.70. The van der Waals surface area contributed by atoms with Crippen molar-refractivity contribution in [3.8, 4) is 11.5 Å². The summed E-state index contributed by atoms with van der Waals surface area (Å²) in [7, 11) is 0. The second-order valence-corrected chi connectivity index (χ2v) is 8.83. The van der Waals surface area contributed by atoms with Crippen molar-refractivity contribution < 1.29 is 9.21 Å². The van der Waals surface area contributed by atoms with Crippen LogP contribution in [0.4, 0.5) is 5.69 Å². The van der Waals surface area contributed by atoms with Gasteiger partial charge >= 0.3 is 0 Å². The Morgan fingerprint density at radius 2 is 2.11 bits per heavy atom. The molecule has 27 heavy (non-hydrogen) atoms. The van der Waals surface area contributed by atoms with Crippen LogP contribution in [0.2, 0.25) is 10.0 Å². The number of aryl methyl sites for hydroxylation is 1. The van der Waals surface area contributed by atoms with Crippen molar-refractivity contribution in [1.82, 2.24) is 10.2 Å². The van der Waals surface area contributed by atoms with Crippen LogP contribution < -0.4 is 5.32 Å². The smallest absolute Gasteiger partial charge is 0.277 e. The van der Waals surface area contributed by atoms with E-state index in [0.717, 1.165) is 18.4 Å². The summed E-state index contributed by atoms with van der Waals surface area (Å²) in [4.78, 5) is 13.6. The summed E-state index contributed by atoms with van der Waals surface area (Å²) in [5, 5.41) is 14.3. The van der Waals surface area contributed by atoms with E-state index in [9.17, 15) is 4.79 Å². The minimum atomic E-state index is -0.225. The molecule has 2 heterocycles. The molecule has 1 N–H and O–H groups in total. The predicted octanol–water partition coefficient (Wildman–Crippen LogP) is 5.71. The van der Waals surface area contributed by atoms with Gasteiger partial charge in [0.2, 0.25) is 11.8 Å². The molecule has 1 aromatic carbocycles. The van der Waals surface area contributed by atoms with Crippen LogP contribution in [0.1, 0.15) is 23.3 Å². The van der Waals surface area contributed by atoms with Gasteiger partial charge in [0.1, 0.15) is 0 Å². The van der Waals surface area contributed by atoms with E-state index in [-0.39, 0.29) is 11.7 Å². The van der Waals surface area contributed by atoms with E-state index in [1.807, 2.05) is 0 Å². The first-order valence-corrected chi connectivity index (χ1v) is 11.0. The summed E-state index contributed by atoms with van der Waals surface area (Å²) in [6.07, 6.45) is 4.62. The van der Waals surface area contributed by atoms with Crippen molar-refractivity contribution in [2.24, 2.45) is 0 Å². The van der Waals surface area contributed by atoms with Gasteiger partial charge in [0, 0.05) is 15.3 Å². The molecule has 1 aliphatic carbocycles. The fourth-order valence-electron chi connectivity index (χ4n) is 2.96. The summed E-state index contributed by atoms with van der Waals surface area (Å²) in [5.74, 6) is 0.429. The Labute approximate surface area is 174 Å². The Kier molecular flexibility index (Phi) is 5.73. The van der Waals surface area contributed by atoms with Crippen LogP contribution in [0.3, 0.4) is 0 Å². The molecular formula is C18H15Cl2N3O2S2. The molecule has 1 amide bonds. The van der Waals surface area contributed by atoms with Crippen LogP contribution >= 0.6 is 46.3 Å². The highest BCUT2D eigenvalue weighted by Crippen LogP contribution is 2.36. The lowest BCUT2D eigenvalue weighted by molar-refractivity contribution is -0.113. The molecule has 0 atom stereocenters. The normalized spacial score (nSPS) is 13.4. The van der Waals surface area contributed by atoms with Crippen molar-refractivity contribution in [2.45, 2.75) is 30.9 Å². The van der Waals surface area contributed by atoms with Crippen molar-refractivity contribution in [1.29, 1.82) is 0 Å². The number of rotatable bonds is 5. The zero-order valence-electron chi connectivity index (χ0n) is 14.1. The van der Waals surface area contributed by atoms with Gasteiger partial charge in [0.05, 0.1) is 22.0 Å². The number of amides is 1. The number of thiophene rings is 1. The van der Waals surface area contributed by atoms with Crippen LogP contribution in [0.15, 0.2) is 33.2 Å². The van der Waals surface area contributed by atoms with Gasteiger partial charge in [0.15, 0.2) is 0 Å². The lowest BCUT2D eigenvalue weighted by atomic mass is 9.96.